The molecule has 1 aliphatic rings. The van der Waals surface area contributed by atoms with Gasteiger partial charge in [0.2, 0.25) is 23.0 Å². The Bertz CT molecular complexity index is 362. The van der Waals surface area contributed by atoms with Gasteiger partial charge in [0, 0.05) is 0 Å². The molecule has 6 heteroatoms. The Morgan fingerprint density at radius 3 is 2.00 bits per heavy atom. The van der Waals surface area contributed by atoms with Crippen molar-refractivity contribution in [3.05, 3.63) is 23.0 Å². The predicted octanol–water partition coefficient (Wildman–Crippen LogP) is 0.272. The van der Waals surface area contributed by atoms with E-state index >= 15 is 0 Å². The highest BCUT2D eigenvalue weighted by Crippen LogP contribution is 2.20. The van der Waals surface area contributed by atoms with Crippen molar-refractivity contribution < 1.29 is 29.6 Å². The normalized spacial score (nSPS) is 17.8. The Labute approximate surface area is 78.7 Å². The van der Waals surface area contributed by atoms with Gasteiger partial charge in [-0.2, -0.15) is 0 Å². The molecule has 1 rings (SSSR count). The number of ketones is 2. The lowest BCUT2D eigenvalue weighted by Crippen LogP contribution is -2.25. The van der Waals surface area contributed by atoms with Gasteiger partial charge in [0.05, 0.1) is 6.61 Å². The minimum absolute atomic E-state index is 0.0481. The topological polar surface area (TPSA) is 104 Å². The number of aliphatic hydroxyl groups excluding tert-OH is 3. The first-order chi connectivity index (χ1) is 6.50. The fourth-order valence-electron chi connectivity index (χ4n) is 0.924. The summed E-state index contributed by atoms with van der Waals surface area (Å²) >= 11 is 0. The molecule has 0 spiro atoms. The summed E-state index contributed by atoms with van der Waals surface area (Å²) in [6.07, 6.45) is 0. The van der Waals surface area contributed by atoms with Crippen LogP contribution in [0.4, 0.5) is 0 Å². The molecule has 0 radical (unpaired) electrons. The second-order valence-corrected chi connectivity index (χ2v) is 2.47. The zero-order valence-electron chi connectivity index (χ0n) is 7.27. The highest BCUT2D eigenvalue weighted by atomic mass is 16.5. The van der Waals surface area contributed by atoms with Gasteiger partial charge in [0.25, 0.3) is 11.6 Å². The van der Waals surface area contributed by atoms with Crippen molar-refractivity contribution in [2.45, 2.75) is 6.92 Å². The monoisotopic (exact) mass is 200 g/mol. The van der Waals surface area contributed by atoms with Crippen LogP contribution in [-0.2, 0) is 14.3 Å². The van der Waals surface area contributed by atoms with Gasteiger partial charge in [-0.1, -0.05) is 0 Å². The molecule has 0 aliphatic heterocycles. The van der Waals surface area contributed by atoms with Gasteiger partial charge in [-0.25, -0.2) is 0 Å². The molecule has 0 bridgehead atoms. The van der Waals surface area contributed by atoms with Gasteiger partial charge in [-0.05, 0) is 6.92 Å². The second-order valence-electron chi connectivity index (χ2n) is 2.47. The second kappa shape index (κ2) is 3.41. The first kappa shape index (κ1) is 10.1. The molecule has 0 heterocycles. The molecule has 0 aromatic carbocycles. The maximum Gasteiger partial charge on any atom is 0.269 e. The van der Waals surface area contributed by atoms with Crippen LogP contribution >= 0.6 is 0 Å². The van der Waals surface area contributed by atoms with Gasteiger partial charge in [-0.3, -0.25) is 9.59 Å². The minimum atomic E-state index is -1.23. The number of carbonyl (C=O) groups is 2. The summed E-state index contributed by atoms with van der Waals surface area (Å²) in [5, 5.41) is 27.0. The van der Waals surface area contributed by atoms with Crippen LogP contribution in [-0.4, -0.2) is 33.5 Å². The molecular weight excluding hydrogens is 192 g/mol. The molecule has 1 aliphatic carbocycles. The molecule has 0 amide bonds. The smallest absolute Gasteiger partial charge is 0.269 e. The van der Waals surface area contributed by atoms with E-state index in [0.717, 1.165) is 0 Å². The number of rotatable bonds is 2. The van der Waals surface area contributed by atoms with Crippen LogP contribution in [0.2, 0.25) is 0 Å². The summed E-state index contributed by atoms with van der Waals surface area (Å²) in [7, 11) is 0. The third-order valence-electron chi connectivity index (χ3n) is 1.58. The number of Topliss-reactive ketones (excluding diaryl/α,β-unsaturated/α-hetero) is 2. The average Bonchev–Trinajstić information content (AvgIpc) is 2.19. The SMILES string of the molecule is CCOC1=C(O)C(=O)C(O)=C(O)C1=O. The molecular formula is C8H8O6. The molecule has 0 aromatic rings. The Hall–Kier alpha value is -1.98. The summed E-state index contributed by atoms with van der Waals surface area (Å²) in [5.41, 5.74) is 0. The van der Waals surface area contributed by atoms with E-state index in [9.17, 15) is 9.59 Å². The molecule has 0 atom stereocenters. The van der Waals surface area contributed by atoms with E-state index in [4.69, 9.17) is 15.3 Å². The van der Waals surface area contributed by atoms with E-state index in [-0.39, 0.29) is 6.61 Å². The number of carbonyl (C=O) groups excluding carboxylic acids is 2. The average molecular weight is 200 g/mol. The van der Waals surface area contributed by atoms with Crippen LogP contribution in [0.1, 0.15) is 6.92 Å². The maximum absolute atomic E-state index is 11.1. The van der Waals surface area contributed by atoms with Gasteiger partial charge in [0.1, 0.15) is 0 Å². The predicted molar refractivity (Wildman–Crippen MR) is 43.6 cm³/mol. The van der Waals surface area contributed by atoms with Crippen molar-refractivity contribution >= 4 is 11.6 Å². The molecule has 0 saturated heterocycles. The quantitative estimate of drug-likeness (QED) is 0.553. The van der Waals surface area contributed by atoms with E-state index < -0.39 is 34.6 Å². The first-order valence-corrected chi connectivity index (χ1v) is 3.78. The molecule has 6 nitrogen and oxygen atoms in total. The zero-order valence-corrected chi connectivity index (χ0v) is 7.27. The van der Waals surface area contributed by atoms with Crippen molar-refractivity contribution in [3.8, 4) is 0 Å². The maximum atomic E-state index is 11.1. The summed E-state index contributed by atoms with van der Waals surface area (Å²) in [5.74, 6) is -6.26. The van der Waals surface area contributed by atoms with Crippen LogP contribution in [0.25, 0.3) is 0 Å². The lowest BCUT2D eigenvalue weighted by atomic mass is 10.1. The van der Waals surface area contributed by atoms with E-state index in [1.807, 2.05) is 0 Å². The summed E-state index contributed by atoms with van der Waals surface area (Å²) in [6.45, 7) is 1.58. The standard InChI is InChI=1S/C8H8O6/c1-2-14-8-6(12)4(10)3(9)5(11)7(8)13/h9-10,13H,2H2,1H3. The fourth-order valence-corrected chi connectivity index (χ4v) is 0.924. The number of aliphatic hydroxyl groups is 3. The summed E-state index contributed by atoms with van der Waals surface area (Å²) < 4.78 is 4.65. The lowest BCUT2D eigenvalue weighted by molar-refractivity contribution is -0.124. The van der Waals surface area contributed by atoms with Crippen LogP contribution in [0.3, 0.4) is 0 Å². The van der Waals surface area contributed by atoms with Crippen LogP contribution in [0, 0.1) is 0 Å². The Balaban J connectivity index is 3.19. The molecule has 14 heavy (non-hydrogen) atoms. The van der Waals surface area contributed by atoms with Crippen molar-refractivity contribution in [1.82, 2.24) is 0 Å². The van der Waals surface area contributed by atoms with Crippen molar-refractivity contribution in [2.75, 3.05) is 6.61 Å². The van der Waals surface area contributed by atoms with Crippen molar-refractivity contribution in [3.63, 3.8) is 0 Å². The number of hydrogen-bond donors (Lipinski definition) is 3. The number of ether oxygens (including phenoxy) is 1. The van der Waals surface area contributed by atoms with Gasteiger partial charge in [0.15, 0.2) is 0 Å². The van der Waals surface area contributed by atoms with E-state index in [1.54, 1.807) is 0 Å². The largest absolute Gasteiger partial charge is 0.501 e. The van der Waals surface area contributed by atoms with E-state index in [0.29, 0.717) is 0 Å². The van der Waals surface area contributed by atoms with Crippen LogP contribution < -0.4 is 0 Å². The van der Waals surface area contributed by atoms with Crippen molar-refractivity contribution in [2.24, 2.45) is 0 Å². The van der Waals surface area contributed by atoms with Crippen LogP contribution in [0.15, 0.2) is 23.0 Å². The minimum Gasteiger partial charge on any atom is -0.501 e. The summed E-state index contributed by atoms with van der Waals surface area (Å²) in [6, 6.07) is 0. The molecule has 3 N–H and O–H groups in total. The van der Waals surface area contributed by atoms with E-state index in [2.05, 4.69) is 4.74 Å². The van der Waals surface area contributed by atoms with Gasteiger partial charge in [-0.15, -0.1) is 0 Å². The highest BCUT2D eigenvalue weighted by molar-refractivity contribution is 6.21. The molecule has 0 saturated carbocycles. The summed E-state index contributed by atoms with van der Waals surface area (Å²) in [4.78, 5) is 22.1. The Kier molecular flexibility index (Phi) is 2.46. The Morgan fingerprint density at radius 2 is 1.50 bits per heavy atom. The van der Waals surface area contributed by atoms with Crippen molar-refractivity contribution in [1.29, 1.82) is 0 Å². The van der Waals surface area contributed by atoms with E-state index in [1.165, 1.54) is 6.92 Å². The molecule has 0 aromatic heterocycles. The Morgan fingerprint density at radius 1 is 1.00 bits per heavy atom. The van der Waals surface area contributed by atoms with Gasteiger partial charge < -0.3 is 20.1 Å². The third kappa shape index (κ3) is 1.30. The van der Waals surface area contributed by atoms with Gasteiger partial charge >= 0.3 is 0 Å². The zero-order chi connectivity index (χ0) is 10.9. The molecule has 0 unspecified atom stereocenters. The third-order valence-corrected chi connectivity index (χ3v) is 1.58. The molecule has 0 fully saturated rings. The first-order valence-electron chi connectivity index (χ1n) is 3.78. The van der Waals surface area contributed by atoms with Crippen LogP contribution in [0.5, 0.6) is 0 Å². The fraction of sp³-hybridized carbons (Fsp3) is 0.250. The molecule has 76 valence electrons. The number of hydrogen-bond acceptors (Lipinski definition) is 6. The lowest BCUT2D eigenvalue weighted by Gasteiger charge is -2.13. The highest BCUT2D eigenvalue weighted by Gasteiger charge is 2.36.